The minimum atomic E-state index is -0.218. The molecule has 1 saturated carbocycles. The molecule has 4 nitrogen and oxygen atoms in total. The van der Waals surface area contributed by atoms with Crippen molar-refractivity contribution >= 4 is 23.2 Å². The Morgan fingerprint density at radius 3 is 3.00 bits per heavy atom. The summed E-state index contributed by atoms with van der Waals surface area (Å²) >= 11 is 5.85. The molecule has 18 heavy (non-hydrogen) atoms. The molecule has 1 fully saturated rings. The van der Waals surface area contributed by atoms with E-state index in [1.807, 2.05) is 0 Å². The fraction of sp³-hybridized carbons (Fsp3) is 0.462. The first-order valence-corrected chi connectivity index (χ1v) is 6.46. The molecule has 0 spiro atoms. The topological polar surface area (TPSA) is 64.4 Å². The van der Waals surface area contributed by atoms with E-state index in [9.17, 15) is 4.79 Å². The van der Waals surface area contributed by atoms with Gasteiger partial charge in [0.15, 0.2) is 0 Å². The Morgan fingerprint density at radius 1 is 1.50 bits per heavy atom. The molecule has 0 unspecified atom stereocenters. The van der Waals surface area contributed by atoms with E-state index in [1.165, 1.54) is 12.8 Å². The van der Waals surface area contributed by atoms with Crippen LogP contribution in [0.1, 0.15) is 23.2 Å². The SMILES string of the molecule is Nc1c(Cl)cccc1C(=O)NCCOCC1CC1. The highest BCUT2D eigenvalue weighted by Crippen LogP contribution is 2.28. The predicted octanol–water partition coefficient (Wildman–Crippen LogP) is 2.08. The number of carbonyl (C=O) groups is 1. The highest BCUT2D eigenvalue weighted by Gasteiger charge is 2.20. The highest BCUT2D eigenvalue weighted by atomic mass is 35.5. The Labute approximate surface area is 111 Å². The Balaban J connectivity index is 1.74. The minimum absolute atomic E-state index is 0.218. The van der Waals surface area contributed by atoms with Crippen molar-refractivity contribution in [3.63, 3.8) is 0 Å². The van der Waals surface area contributed by atoms with Crippen LogP contribution in [-0.4, -0.2) is 25.7 Å². The molecule has 0 aliphatic heterocycles. The van der Waals surface area contributed by atoms with Gasteiger partial charge >= 0.3 is 0 Å². The van der Waals surface area contributed by atoms with Gasteiger partial charge in [-0.05, 0) is 30.9 Å². The zero-order chi connectivity index (χ0) is 13.0. The van der Waals surface area contributed by atoms with Crippen molar-refractivity contribution in [2.24, 2.45) is 5.92 Å². The number of amides is 1. The Bertz CT molecular complexity index is 433. The van der Waals surface area contributed by atoms with Crippen molar-refractivity contribution < 1.29 is 9.53 Å². The first kappa shape index (κ1) is 13.2. The van der Waals surface area contributed by atoms with E-state index in [1.54, 1.807) is 18.2 Å². The maximum absolute atomic E-state index is 11.8. The second kappa shape index (κ2) is 6.07. The van der Waals surface area contributed by atoms with Crippen LogP contribution in [0, 0.1) is 5.92 Å². The van der Waals surface area contributed by atoms with Gasteiger partial charge in [0.1, 0.15) is 0 Å². The van der Waals surface area contributed by atoms with E-state index < -0.39 is 0 Å². The van der Waals surface area contributed by atoms with Crippen molar-refractivity contribution in [2.45, 2.75) is 12.8 Å². The van der Waals surface area contributed by atoms with Gasteiger partial charge in [0.25, 0.3) is 5.91 Å². The summed E-state index contributed by atoms with van der Waals surface area (Å²) in [6.45, 7) is 1.81. The molecule has 1 aliphatic rings. The molecule has 0 atom stereocenters. The number of nitrogen functional groups attached to an aromatic ring is 1. The Morgan fingerprint density at radius 2 is 2.28 bits per heavy atom. The lowest BCUT2D eigenvalue weighted by Gasteiger charge is -2.08. The van der Waals surface area contributed by atoms with E-state index in [-0.39, 0.29) is 5.91 Å². The van der Waals surface area contributed by atoms with E-state index in [4.69, 9.17) is 22.1 Å². The number of anilines is 1. The summed E-state index contributed by atoms with van der Waals surface area (Å²) in [7, 11) is 0. The number of hydrogen-bond donors (Lipinski definition) is 2. The number of rotatable bonds is 6. The molecule has 0 radical (unpaired) electrons. The van der Waals surface area contributed by atoms with Gasteiger partial charge in [-0.2, -0.15) is 0 Å². The van der Waals surface area contributed by atoms with Gasteiger partial charge in [-0.3, -0.25) is 4.79 Å². The van der Waals surface area contributed by atoms with Crippen LogP contribution < -0.4 is 11.1 Å². The van der Waals surface area contributed by atoms with Gasteiger partial charge in [-0.25, -0.2) is 0 Å². The number of para-hydroxylation sites is 1. The summed E-state index contributed by atoms with van der Waals surface area (Å²) in [5.41, 5.74) is 6.46. The lowest BCUT2D eigenvalue weighted by molar-refractivity contribution is 0.0907. The Kier molecular flexibility index (Phi) is 4.44. The molecule has 2 rings (SSSR count). The van der Waals surface area contributed by atoms with E-state index >= 15 is 0 Å². The van der Waals surface area contributed by atoms with Crippen LogP contribution in [0.5, 0.6) is 0 Å². The molecule has 0 aromatic heterocycles. The summed E-state index contributed by atoms with van der Waals surface area (Å²) in [6, 6.07) is 5.02. The molecule has 98 valence electrons. The molecule has 0 saturated heterocycles. The molecule has 3 N–H and O–H groups in total. The first-order valence-electron chi connectivity index (χ1n) is 6.08. The summed E-state index contributed by atoms with van der Waals surface area (Å²) < 4.78 is 5.43. The number of hydrogen-bond acceptors (Lipinski definition) is 3. The van der Waals surface area contributed by atoms with Crippen LogP contribution in [0.2, 0.25) is 5.02 Å². The van der Waals surface area contributed by atoms with Crippen LogP contribution in [0.4, 0.5) is 5.69 Å². The van der Waals surface area contributed by atoms with Crippen molar-refractivity contribution in [1.82, 2.24) is 5.32 Å². The van der Waals surface area contributed by atoms with Gasteiger partial charge in [-0.1, -0.05) is 17.7 Å². The van der Waals surface area contributed by atoms with Crippen LogP contribution in [0.15, 0.2) is 18.2 Å². The second-order valence-electron chi connectivity index (χ2n) is 4.48. The number of nitrogens with two attached hydrogens (primary N) is 1. The average Bonchev–Trinajstić information content (AvgIpc) is 3.16. The predicted molar refractivity (Wildman–Crippen MR) is 71.7 cm³/mol. The van der Waals surface area contributed by atoms with Crippen molar-refractivity contribution in [2.75, 3.05) is 25.5 Å². The molecule has 0 heterocycles. The largest absolute Gasteiger partial charge is 0.397 e. The smallest absolute Gasteiger partial charge is 0.253 e. The normalized spacial score (nSPS) is 14.5. The molecule has 0 bridgehead atoms. The zero-order valence-electron chi connectivity index (χ0n) is 10.1. The summed E-state index contributed by atoms with van der Waals surface area (Å²) in [5.74, 6) is 0.522. The fourth-order valence-electron chi connectivity index (χ4n) is 1.60. The third-order valence-electron chi connectivity index (χ3n) is 2.88. The number of benzene rings is 1. The monoisotopic (exact) mass is 268 g/mol. The molecule has 1 aromatic carbocycles. The average molecular weight is 269 g/mol. The third kappa shape index (κ3) is 3.62. The maximum Gasteiger partial charge on any atom is 0.253 e. The van der Waals surface area contributed by atoms with E-state index in [0.29, 0.717) is 29.4 Å². The van der Waals surface area contributed by atoms with Gasteiger partial charge in [0.05, 0.1) is 22.9 Å². The lowest BCUT2D eigenvalue weighted by Crippen LogP contribution is -2.28. The fourth-order valence-corrected chi connectivity index (χ4v) is 1.78. The van der Waals surface area contributed by atoms with Crippen LogP contribution in [0.3, 0.4) is 0 Å². The molecule has 1 amide bonds. The number of carbonyl (C=O) groups excluding carboxylic acids is 1. The van der Waals surface area contributed by atoms with Crippen molar-refractivity contribution in [3.8, 4) is 0 Å². The highest BCUT2D eigenvalue weighted by molar-refractivity contribution is 6.33. The first-order chi connectivity index (χ1) is 8.68. The molecule has 1 aliphatic carbocycles. The molecular formula is C13H17ClN2O2. The van der Waals surface area contributed by atoms with Crippen molar-refractivity contribution in [3.05, 3.63) is 28.8 Å². The van der Waals surface area contributed by atoms with Crippen LogP contribution >= 0.6 is 11.6 Å². The molecule has 5 heteroatoms. The number of nitrogens with one attached hydrogen (secondary N) is 1. The standard InChI is InChI=1S/C13H17ClN2O2/c14-11-3-1-2-10(12(11)15)13(17)16-6-7-18-8-9-4-5-9/h1-3,9H,4-8,15H2,(H,16,17). The summed E-state index contributed by atoms with van der Waals surface area (Å²) in [5, 5.41) is 3.15. The molecular weight excluding hydrogens is 252 g/mol. The Hall–Kier alpha value is -1.26. The third-order valence-corrected chi connectivity index (χ3v) is 3.21. The van der Waals surface area contributed by atoms with Crippen LogP contribution in [-0.2, 0) is 4.74 Å². The maximum atomic E-state index is 11.8. The summed E-state index contributed by atoms with van der Waals surface area (Å²) in [6.07, 6.45) is 2.54. The van der Waals surface area contributed by atoms with E-state index in [0.717, 1.165) is 12.5 Å². The van der Waals surface area contributed by atoms with Gasteiger partial charge in [0, 0.05) is 13.2 Å². The van der Waals surface area contributed by atoms with Crippen molar-refractivity contribution in [1.29, 1.82) is 0 Å². The molecule has 1 aromatic rings. The number of halogens is 1. The second-order valence-corrected chi connectivity index (χ2v) is 4.88. The number of ether oxygens (including phenoxy) is 1. The van der Waals surface area contributed by atoms with Crippen LogP contribution in [0.25, 0.3) is 0 Å². The lowest BCUT2D eigenvalue weighted by atomic mass is 10.1. The van der Waals surface area contributed by atoms with Gasteiger partial charge < -0.3 is 15.8 Å². The van der Waals surface area contributed by atoms with E-state index in [2.05, 4.69) is 5.32 Å². The minimum Gasteiger partial charge on any atom is -0.397 e. The van der Waals surface area contributed by atoms with Gasteiger partial charge in [-0.15, -0.1) is 0 Å². The summed E-state index contributed by atoms with van der Waals surface area (Å²) in [4.78, 5) is 11.8. The zero-order valence-corrected chi connectivity index (χ0v) is 10.9. The quantitative estimate of drug-likeness (QED) is 0.613. The van der Waals surface area contributed by atoms with Gasteiger partial charge in [0.2, 0.25) is 0 Å².